The summed E-state index contributed by atoms with van der Waals surface area (Å²) in [5.74, 6) is 0. The Labute approximate surface area is 263 Å². The first-order chi connectivity index (χ1) is 20.7. The number of aromatic nitrogens is 1. The summed E-state index contributed by atoms with van der Waals surface area (Å²) in [6.45, 7) is 20.6. The highest BCUT2D eigenvalue weighted by molar-refractivity contribution is 6.10. The Morgan fingerprint density at radius 1 is 0.477 bits per heavy atom. The minimum atomic E-state index is 0.0677. The molecule has 5 aromatic carbocycles. The van der Waals surface area contributed by atoms with E-state index < -0.39 is 0 Å². The van der Waals surface area contributed by atoms with E-state index in [1.54, 1.807) is 0 Å². The first-order valence-corrected chi connectivity index (χ1v) is 15.9. The molecule has 0 amide bonds. The second-order valence-corrected chi connectivity index (χ2v) is 15.4. The van der Waals surface area contributed by atoms with Gasteiger partial charge in [-0.05, 0) is 93.1 Å². The number of hydrogen-bond donors (Lipinski definition) is 1. The van der Waals surface area contributed by atoms with Crippen molar-refractivity contribution >= 4 is 33.2 Å². The molecule has 2 nitrogen and oxygen atoms in total. The maximum atomic E-state index is 3.79. The minimum Gasteiger partial charge on any atom is -0.355 e. The van der Waals surface area contributed by atoms with Crippen LogP contribution in [0.25, 0.3) is 38.6 Å². The minimum absolute atomic E-state index is 0.0677. The maximum absolute atomic E-state index is 3.79. The molecule has 0 spiro atoms. The lowest BCUT2D eigenvalue weighted by Crippen LogP contribution is -2.11. The van der Waals surface area contributed by atoms with Crippen molar-refractivity contribution in [2.75, 3.05) is 5.32 Å². The first-order valence-electron chi connectivity index (χ1n) is 15.9. The van der Waals surface area contributed by atoms with Gasteiger partial charge in [-0.1, -0.05) is 117 Å². The molecule has 0 aliphatic rings. The lowest BCUT2D eigenvalue weighted by molar-refractivity contribution is 0.590. The summed E-state index contributed by atoms with van der Waals surface area (Å²) in [7, 11) is 0. The van der Waals surface area contributed by atoms with Crippen molar-refractivity contribution in [3.63, 3.8) is 0 Å². The molecule has 1 heterocycles. The number of nitrogens with zero attached hydrogens (tertiary/aromatic N) is 1. The molecule has 224 valence electrons. The highest BCUT2D eigenvalue weighted by Gasteiger charge is 2.21. The Kier molecular flexibility index (Phi) is 7.24. The van der Waals surface area contributed by atoms with Crippen LogP contribution in [0.4, 0.5) is 11.4 Å². The zero-order valence-electron chi connectivity index (χ0n) is 27.8. The van der Waals surface area contributed by atoms with E-state index >= 15 is 0 Å². The van der Waals surface area contributed by atoms with Crippen LogP contribution in [0.3, 0.4) is 0 Å². The third-order valence-corrected chi connectivity index (χ3v) is 8.85. The molecule has 1 aromatic heterocycles. The molecule has 44 heavy (non-hydrogen) atoms. The largest absolute Gasteiger partial charge is 0.355 e. The van der Waals surface area contributed by atoms with E-state index in [-0.39, 0.29) is 16.2 Å². The summed E-state index contributed by atoms with van der Waals surface area (Å²) >= 11 is 0. The molecule has 0 fully saturated rings. The summed E-state index contributed by atoms with van der Waals surface area (Å²) in [6, 6.07) is 40.4. The van der Waals surface area contributed by atoms with E-state index in [4.69, 9.17) is 0 Å². The van der Waals surface area contributed by atoms with Gasteiger partial charge < -0.3 is 9.88 Å². The lowest BCUT2D eigenvalue weighted by Gasteiger charge is -2.22. The van der Waals surface area contributed by atoms with Crippen LogP contribution in [-0.4, -0.2) is 4.57 Å². The van der Waals surface area contributed by atoms with Crippen molar-refractivity contribution in [1.82, 2.24) is 4.57 Å². The lowest BCUT2D eigenvalue weighted by atomic mass is 9.85. The number of benzene rings is 5. The molecule has 0 bridgehead atoms. The van der Waals surface area contributed by atoms with E-state index in [0.29, 0.717) is 0 Å². The number of rotatable bonds is 4. The molecular weight excluding hydrogens is 532 g/mol. The van der Waals surface area contributed by atoms with Crippen LogP contribution in [0.1, 0.15) is 79.0 Å². The van der Waals surface area contributed by atoms with E-state index in [2.05, 4.69) is 181 Å². The standard InChI is InChI=1S/C42H46N2/c1-40(2,3)29-18-21-37(34(24-29)28-14-11-10-12-15-28)43-32-16-13-17-33(27-32)44-38-22-19-30(41(4,5)6)25-35(38)36-26-31(42(7,8)9)20-23-39(36)44/h10-27,43H,1-9H3. The van der Waals surface area contributed by atoms with Crippen LogP contribution in [-0.2, 0) is 16.2 Å². The van der Waals surface area contributed by atoms with Crippen molar-refractivity contribution in [2.45, 2.75) is 78.6 Å². The number of nitrogens with one attached hydrogen (secondary N) is 1. The van der Waals surface area contributed by atoms with E-state index in [9.17, 15) is 0 Å². The maximum Gasteiger partial charge on any atom is 0.0541 e. The van der Waals surface area contributed by atoms with Crippen LogP contribution in [0.15, 0.2) is 109 Å². The SMILES string of the molecule is CC(C)(C)c1ccc(Nc2cccc(-n3c4ccc(C(C)(C)C)cc4c4cc(C(C)(C)C)ccc43)c2)c(-c2ccccc2)c1. The van der Waals surface area contributed by atoms with Gasteiger partial charge in [-0.2, -0.15) is 0 Å². The fourth-order valence-corrected chi connectivity index (χ4v) is 6.09. The summed E-state index contributed by atoms with van der Waals surface area (Å²) in [6.07, 6.45) is 0. The predicted octanol–water partition coefficient (Wildman–Crippen LogP) is 12.1. The molecule has 6 rings (SSSR count). The van der Waals surface area contributed by atoms with Crippen LogP contribution in [0.5, 0.6) is 0 Å². The zero-order chi connectivity index (χ0) is 31.4. The van der Waals surface area contributed by atoms with Gasteiger partial charge in [-0.3, -0.25) is 0 Å². The average Bonchev–Trinajstić information content (AvgIpc) is 3.30. The summed E-state index contributed by atoms with van der Waals surface area (Å²) < 4.78 is 2.43. The van der Waals surface area contributed by atoms with Gasteiger partial charge in [-0.15, -0.1) is 0 Å². The quantitative estimate of drug-likeness (QED) is 0.220. The monoisotopic (exact) mass is 578 g/mol. The van der Waals surface area contributed by atoms with Gasteiger partial charge in [0.25, 0.3) is 0 Å². The number of hydrogen-bond acceptors (Lipinski definition) is 1. The fraction of sp³-hybridized carbons (Fsp3) is 0.286. The highest BCUT2D eigenvalue weighted by Crippen LogP contribution is 2.39. The summed E-state index contributed by atoms with van der Waals surface area (Å²) in [5.41, 5.74) is 12.5. The Morgan fingerprint density at radius 2 is 1.00 bits per heavy atom. The van der Waals surface area contributed by atoms with Crippen molar-refractivity contribution in [1.29, 1.82) is 0 Å². The topological polar surface area (TPSA) is 17.0 Å². The molecule has 0 saturated carbocycles. The Bertz CT molecular complexity index is 1900. The molecule has 0 radical (unpaired) electrons. The third kappa shape index (κ3) is 5.66. The Balaban J connectivity index is 1.50. The van der Waals surface area contributed by atoms with Gasteiger partial charge >= 0.3 is 0 Å². The number of anilines is 2. The van der Waals surface area contributed by atoms with E-state index in [1.807, 2.05) is 0 Å². The number of fused-ring (bicyclic) bond motifs is 3. The molecular formula is C42H46N2. The normalized spacial score (nSPS) is 12.7. The van der Waals surface area contributed by atoms with Gasteiger partial charge in [0.1, 0.15) is 0 Å². The van der Waals surface area contributed by atoms with Gasteiger partial charge in [0.15, 0.2) is 0 Å². The second kappa shape index (κ2) is 10.7. The fourth-order valence-electron chi connectivity index (χ4n) is 6.09. The Hall–Kier alpha value is -4.30. The summed E-state index contributed by atoms with van der Waals surface area (Å²) in [5, 5.41) is 6.41. The van der Waals surface area contributed by atoms with Gasteiger partial charge in [0.2, 0.25) is 0 Å². The van der Waals surface area contributed by atoms with Gasteiger partial charge in [0.05, 0.1) is 11.0 Å². The highest BCUT2D eigenvalue weighted by atomic mass is 15.0. The van der Waals surface area contributed by atoms with E-state index in [1.165, 1.54) is 49.6 Å². The van der Waals surface area contributed by atoms with Crippen LogP contribution in [0, 0.1) is 0 Å². The van der Waals surface area contributed by atoms with Crippen molar-refractivity contribution in [2.24, 2.45) is 0 Å². The van der Waals surface area contributed by atoms with Gasteiger partial charge in [-0.25, -0.2) is 0 Å². The van der Waals surface area contributed by atoms with Gasteiger partial charge in [0, 0.05) is 33.4 Å². The zero-order valence-corrected chi connectivity index (χ0v) is 27.8. The Morgan fingerprint density at radius 3 is 1.55 bits per heavy atom. The third-order valence-electron chi connectivity index (χ3n) is 8.85. The van der Waals surface area contributed by atoms with Crippen molar-refractivity contribution < 1.29 is 0 Å². The van der Waals surface area contributed by atoms with Crippen molar-refractivity contribution in [3.05, 3.63) is 126 Å². The molecule has 0 saturated heterocycles. The van der Waals surface area contributed by atoms with Crippen molar-refractivity contribution in [3.8, 4) is 16.8 Å². The van der Waals surface area contributed by atoms with Crippen LogP contribution >= 0.6 is 0 Å². The molecule has 2 heteroatoms. The molecule has 0 unspecified atom stereocenters. The average molecular weight is 579 g/mol. The first kappa shape index (κ1) is 29.8. The van der Waals surface area contributed by atoms with Crippen LogP contribution in [0.2, 0.25) is 0 Å². The molecule has 0 aliphatic heterocycles. The second-order valence-electron chi connectivity index (χ2n) is 15.4. The summed E-state index contributed by atoms with van der Waals surface area (Å²) in [4.78, 5) is 0. The molecule has 6 aromatic rings. The molecule has 1 N–H and O–H groups in total. The molecule has 0 aliphatic carbocycles. The van der Waals surface area contributed by atoms with E-state index in [0.717, 1.165) is 17.1 Å². The smallest absolute Gasteiger partial charge is 0.0541 e. The predicted molar refractivity (Wildman–Crippen MR) is 192 cm³/mol. The molecule has 0 atom stereocenters. The van der Waals surface area contributed by atoms with Crippen LogP contribution < -0.4 is 5.32 Å².